The SMILES string of the molecule is CCCNC(=O)NC(=O)CN1CCCC(CN(C)C(=O)OC(C)(C)C)C1. The van der Waals surface area contributed by atoms with Crippen LogP contribution in [0.15, 0.2) is 0 Å². The van der Waals surface area contributed by atoms with Gasteiger partial charge in [-0.3, -0.25) is 15.0 Å². The van der Waals surface area contributed by atoms with Gasteiger partial charge in [-0.2, -0.15) is 0 Å². The second-order valence-corrected chi connectivity index (χ2v) is 7.91. The third-order valence-corrected chi connectivity index (χ3v) is 4.00. The fraction of sp³-hybridized carbons (Fsp3) is 0.833. The van der Waals surface area contributed by atoms with Gasteiger partial charge in [0, 0.05) is 26.7 Å². The highest BCUT2D eigenvalue weighted by Crippen LogP contribution is 2.18. The molecule has 8 nitrogen and oxygen atoms in total. The molecule has 150 valence electrons. The summed E-state index contributed by atoms with van der Waals surface area (Å²) >= 11 is 0. The molecule has 1 heterocycles. The van der Waals surface area contributed by atoms with Crippen molar-refractivity contribution >= 4 is 18.0 Å². The highest BCUT2D eigenvalue weighted by Gasteiger charge is 2.26. The highest BCUT2D eigenvalue weighted by molar-refractivity contribution is 5.95. The summed E-state index contributed by atoms with van der Waals surface area (Å²) in [4.78, 5) is 39.2. The van der Waals surface area contributed by atoms with Gasteiger partial charge in [0.1, 0.15) is 5.60 Å². The first-order valence-electron chi connectivity index (χ1n) is 9.35. The van der Waals surface area contributed by atoms with Crippen LogP contribution in [0.2, 0.25) is 0 Å². The number of piperidine rings is 1. The van der Waals surface area contributed by atoms with E-state index in [-0.39, 0.29) is 24.5 Å². The number of ether oxygens (including phenoxy) is 1. The normalized spacial score (nSPS) is 18.1. The van der Waals surface area contributed by atoms with Crippen LogP contribution < -0.4 is 10.6 Å². The van der Waals surface area contributed by atoms with Crippen molar-refractivity contribution in [1.29, 1.82) is 0 Å². The summed E-state index contributed by atoms with van der Waals surface area (Å²) in [7, 11) is 1.73. The lowest BCUT2D eigenvalue weighted by Crippen LogP contribution is -2.48. The van der Waals surface area contributed by atoms with E-state index >= 15 is 0 Å². The molecule has 0 radical (unpaired) electrons. The Balaban J connectivity index is 2.40. The van der Waals surface area contributed by atoms with Gasteiger partial charge < -0.3 is 15.0 Å². The van der Waals surface area contributed by atoms with Crippen LogP contribution in [-0.2, 0) is 9.53 Å². The van der Waals surface area contributed by atoms with Crippen molar-refractivity contribution in [3.63, 3.8) is 0 Å². The summed E-state index contributed by atoms with van der Waals surface area (Å²) < 4.78 is 5.37. The summed E-state index contributed by atoms with van der Waals surface area (Å²) in [6, 6.07) is -0.449. The smallest absolute Gasteiger partial charge is 0.410 e. The van der Waals surface area contributed by atoms with Crippen molar-refractivity contribution in [2.24, 2.45) is 5.92 Å². The maximum atomic E-state index is 12.1. The molecule has 1 unspecified atom stereocenters. The van der Waals surface area contributed by atoms with Crippen LogP contribution in [0.1, 0.15) is 47.0 Å². The van der Waals surface area contributed by atoms with E-state index in [1.165, 1.54) is 0 Å². The van der Waals surface area contributed by atoms with E-state index in [9.17, 15) is 14.4 Å². The number of urea groups is 1. The number of likely N-dealkylation sites (tertiary alicyclic amines) is 1. The minimum atomic E-state index is -0.514. The molecule has 0 saturated carbocycles. The van der Waals surface area contributed by atoms with E-state index < -0.39 is 11.6 Å². The Morgan fingerprint density at radius 1 is 1.27 bits per heavy atom. The van der Waals surface area contributed by atoms with Crippen molar-refractivity contribution in [3.05, 3.63) is 0 Å². The zero-order chi connectivity index (χ0) is 19.7. The Morgan fingerprint density at radius 2 is 1.96 bits per heavy atom. The van der Waals surface area contributed by atoms with E-state index in [0.29, 0.717) is 13.1 Å². The molecule has 0 aliphatic carbocycles. The zero-order valence-corrected chi connectivity index (χ0v) is 16.8. The fourth-order valence-corrected chi connectivity index (χ4v) is 2.90. The number of imide groups is 1. The van der Waals surface area contributed by atoms with Gasteiger partial charge in [0.2, 0.25) is 5.91 Å². The molecule has 4 amide bonds. The number of carbonyl (C=O) groups is 3. The summed E-state index contributed by atoms with van der Waals surface area (Å²) in [5.74, 6) is -0.0252. The summed E-state index contributed by atoms with van der Waals surface area (Å²) in [6.45, 7) is 10.3. The minimum absolute atomic E-state index is 0.187. The van der Waals surface area contributed by atoms with Gasteiger partial charge in [0.15, 0.2) is 0 Å². The van der Waals surface area contributed by atoms with Crippen molar-refractivity contribution in [3.8, 4) is 0 Å². The molecule has 0 aromatic carbocycles. The van der Waals surface area contributed by atoms with Gasteiger partial charge in [-0.25, -0.2) is 9.59 Å². The van der Waals surface area contributed by atoms with Crippen LogP contribution in [0.25, 0.3) is 0 Å². The Bertz CT molecular complexity index is 490. The van der Waals surface area contributed by atoms with Gasteiger partial charge in [-0.1, -0.05) is 6.92 Å². The maximum Gasteiger partial charge on any atom is 0.410 e. The fourth-order valence-electron chi connectivity index (χ4n) is 2.90. The maximum absolute atomic E-state index is 12.1. The molecule has 1 saturated heterocycles. The van der Waals surface area contributed by atoms with Crippen LogP contribution >= 0.6 is 0 Å². The molecule has 0 spiro atoms. The Morgan fingerprint density at radius 3 is 2.58 bits per heavy atom. The average molecular weight is 370 g/mol. The molecule has 2 N–H and O–H groups in total. The lowest BCUT2D eigenvalue weighted by Gasteiger charge is -2.34. The molecule has 1 aliphatic rings. The highest BCUT2D eigenvalue weighted by atomic mass is 16.6. The molecular weight excluding hydrogens is 336 g/mol. The molecule has 26 heavy (non-hydrogen) atoms. The average Bonchev–Trinajstić information content (AvgIpc) is 2.51. The predicted molar refractivity (Wildman–Crippen MR) is 99.9 cm³/mol. The summed E-state index contributed by atoms with van der Waals surface area (Å²) in [5.41, 5.74) is -0.514. The number of rotatable bonds is 6. The van der Waals surface area contributed by atoms with Crippen molar-refractivity contribution in [1.82, 2.24) is 20.4 Å². The van der Waals surface area contributed by atoms with Crippen LogP contribution in [0, 0.1) is 5.92 Å². The lowest BCUT2D eigenvalue weighted by molar-refractivity contribution is -0.121. The van der Waals surface area contributed by atoms with E-state index in [4.69, 9.17) is 4.74 Å². The van der Waals surface area contributed by atoms with Gasteiger partial charge in [-0.05, 0) is 52.5 Å². The Kier molecular flexibility index (Phi) is 8.84. The van der Waals surface area contributed by atoms with Crippen molar-refractivity contribution in [2.75, 3.05) is 39.8 Å². The van der Waals surface area contributed by atoms with Crippen LogP contribution in [-0.4, -0.2) is 73.2 Å². The van der Waals surface area contributed by atoms with Crippen molar-refractivity contribution in [2.45, 2.75) is 52.6 Å². The minimum Gasteiger partial charge on any atom is -0.444 e. The van der Waals surface area contributed by atoms with Gasteiger partial charge >= 0.3 is 12.1 Å². The molecule has 0 bridgehead atoms. The molecular formula is C18H34N4O4. The molecule has 1 rings (SSSR count). The largest absolute Gasteiger partial charge is 0.444 e. The van der Waals surface area contributed by atoms with Crippen LogP contribution in [0.3, 0.4) is 0 Å². The molecule has 0 aromatic heterocycles. The first-order chi connectivity index (χ1) is 12.1. The Hall–Kier alpha value is -1.83. The molecule has 1 fully saturated rings. The van der Waals surface area contributed by atoms with E-state index in [1.54, 1.807) is 11.9 Å². The standard InChI is InChI=1S/C18H34N4O4/c1-6-9-19-16(24)20-15(23)13-22-10-7-8-14(12-22)11-21(5)17(25)26-18(2,3)4/h14H,6-13H2,1-5H3,(H2,19,20,23,24). The number of carbonyl (C=O) groups excluding carboxylic acids is 3. The quantitative estimate of drug-likeness (QED) is 0.744. The summed E-state index contributed by atoms with van der Waals surface area (Å²) in [5, 5.41) is 4.97. The first-order valence-corrected chi connectivity index (χ1v) is 9.35. The van der Waals surface area contributed by atoms with E-state index in [1.807, 2.05) is 32.6 Å². The second-order valence-electron chi connectivity index (χ2n) is 7.91. The predicted octanol–water partition coefficient (Wildman–Crippen LogP) is 1.80. The topological polar surface area (TPSA) is 91.0 Å². The second kappa shape index (κ2) is 10.4. The molecule has 1 atom stereocenters. The lowest BCUT2D eigenvalue weighted by atomic mass is 9.97. The van der Waals surface area contributed by atoms with Crippen LogP contribution in [0.4, 0.5) is 9.59 Å². The number of amides is 4. The van der Waals surface area contributed by atoms with Gasteiger partial charge in [-0.15, -0.1) is 0 Å². The third-order valence-electron chi connectivity index (χ3n) is 4.00. The van der Waals surface area contributed by atoms with Gasteiger partial charge in [0.05, 0.1) is 6.54 Å². The Labute approximate surface area is 156 Å². The number of hydrogen-bond donors (Lipinski definition) is 2. The van der Waals surface area contributed by atoms with E-state index in [2.05, 4.69) is 10.6 Å². The van der Waals surface area contributed by atoms with E-state index in [0.717, 1.165) is 32.4 Å². The van der Waals surface area contributed by atoms with Crippen molar-refractivity contribution < 1.29 is 19.1 Å². The number of nitrogens with one attached hydrogen (secondary N) is 2. The molecule has 0 aromatic rings. The number of hydrogen-bond acceptors (Lipinski definition) is 5. The molecule has 8 heteroatoms. The first kappa shape index (κ1) is 22.2. The monoisotopic (exact) mass is 370 g/mol. The summed E-state index contributed by atoms with van der Waals surface area (Å²) in [6.07, 6.45) is 2.45. The zero-order valence-electron chi connectivity index (χ0n) is 16.8. The van der Waals surface area contributed by atoms with Crippen LogP contribution in [0.5, 0.6) is 0 Å². The number of nitrogens with zero attached hydrogens (tertiary/aromatic N) is 2. The third kappa shape index (κ3) is 9.03. The molecule has 1 aliphatic heterocycles. The van der Waals surface area contributed by atoms with Gasteiger partial charge in [0.25, 0.3) is 0 Å².